The largest absolute Gasteiger partial charge is 0.407 e. The van der Waals surface area contributed by atoms with Crippen LogP contribution in [0.4, 0.5) is 0 Å². The molecule has 2 nitrogen and oxygen atoms in total. The van der Waals surface area contributed by atoms with Crippen LogP contribution in [0, 0.1) is 5.92 Å². The average Bonchev–Trinajstić information content (AvgIpc) is 2.96. The fraction of sp³-hybridized carbons (Fsp3) is 0.647. The highest BCUT2D eigenvalue weighted by Gasteiger charge is 2.43. The molecule has 2 aromatic carbocycles. The van der Waals surface area contributed by atoms with Gasteiger partial charge in [-0.3, -0.25) is 0 Å². The van der Waals surface area contributed by atoms with Crippen LogP contribution in [0.5, 0.6) is 0 Å². The van der Waals surface area contributed by atoms with Crippen molar-refractivity contribution in [2.75, 3.05) is 13.2 Å². The Labute approximate surface area is 229 Å². The van der Waals surface area contributed by atoms with Crippen molar-refractivity contribution in [3.05, 3.63) is 60.7 Å². The van der Waals surface area contributed by atoms with Gasteiger partial charge in [0.15, 0.2) is 0 Å². The third-order valence-electron chi connectivity index (χ3n) is 8.11. The van der Waals surface area contributed by atoms with Crippen LogP contribution in [0.15, 0.2) is 60.7 Å². The molecule has 3 heteroatoms. The Bertz CT molecular complexity index is 748. The lowest BCUT2D eigenvalue weighted by molar-refractivity contribution is 0.146. The van der Waals surface area contributed by atoms with E-state index in [2.05, 4.69) is 67.6 Å². The van der Waals surface area contributed by atoms with E-state index in [1.807, 2.05) is 0 Å². The van der Waals surface area contributed by atoms with Crippen LogP contribution in [-0.2, 0) is 8.85 Å². The molecule has 1 saturated carbocycles. The van der Waals surface area contributed by atoms with Crippen molar-refractivity contribution in [2.24, 2.45) is 5.92 Å². The molecule has 0 heterocycles. The van der Waals surface area contributed by atoms with Crippen molar-refractivity contribution < 1.29 is 8.85 Å². The second-order valence-electron chi connectivity index (χ2n) is 11.3. The molecule has 206 valence electrons. The molecule has 0 unspecified atom stereocenters. The van der Waals surface area contributed by atoms with Crippen molar-refractivity contribution in [3.8, 4) is 0 Å². The summed E-state index contributed by atoms with van der Waals surface area (Å²) < 4.78 is 13.9. The second kappa shape index (κ2) is 18.8. The Morgan fingerprint density at radius 2 is 1.03 bits per heavy atom. The summed E-state index contributed by atoms with van der Waals surface area (Å²) in [5, 5.41) is 2.48. The van der Waals surface area contributed by atoms with E-state index in [9.17, 15) is 0 Å². The maximum Gasteiger partial charge on any atom is 0.407 e. The molecule has 3 rings (SSSR count). The van der Waals surface area contributed by atoms with E-state index in [0.29, 0.717) is 5.92 Å². The van der Waals surface area contributed by atoms with Crippen molar-refractivity contribution in [1.82, 2.24) is 0 Å². The van der Waals surface area contributed by atoms with Gasteiger partial charge in [-0.2, -0.15) is 0 Å². The number of unbranched alkanes of at least 4 members (excludes halogenated alkanes) is 12. The summed E-state index contributed by atoms with van der Waals surface area (Å²) in [5.74, 6) is 0.674. The molecule has 0 atom stereocenters. The van der Waals surface area contributed by atoms with E-state index in [-0.39, 0.29) is 0 Å². The Hall–Kier alpha value is -1.42. The van der Waals surface area contributed by atoms with Gasteiger partial charge in [-0.15, -0.1) is 0 Å². The van der Waals surface area contributed by atoms with Gasteiger partial charge in [-0.05, 0) is 35.6 Å². The minimum atomic E-state index is -2.73. The summed E-state index contributed by atoms with van der Waals surface area (Å²) >= 11 is 0. The van der Waals surface area contributed by atoms with Crippen LogP contribution in [0.25, 0.3) is 0 Å². The first-order chi connectivity index (χ1) is 18.3. The number of hydrogen-bond donors (Lipinski definition) is 0. The summed E-state index contributed by atoms with van der Waals surface area (Å²) in [6.45, 7) is 3.91. The van der Waals surface area contributed by atoms with E-state index in [1.54, 1.807) is 0 Å². The second-order valence-corrected chi connectivity index (χ2v) is 14.2. The summed E-state index contributed by atoms with van der Waals surface area (Å²) in [6, 6.07) is 21.7. The van der Waals surface area contributed by atoms with Gasteiger partial charge in [0.05, 0.1) is 0 Å². The quantitative estimate of drug-likeness (QED) is 0.128. The Morgan fingerprint density at radius 3 is 1.51 bits per heavy atom. The number of rotatable bonds is 20. The first kappa shape index (κ1) is 30.1. The van der Waals surface area contributed by atoms with Crippen LogP contribution in [0.2, 0.25) is 0 Å². The molecule has 0 radical (unpaired) electrons. The molecule has 1 fully saturated rings. The molecule has 0 amide bonds. The Morgan fingerprint density at radius 1 is 0.568 bits per heavy atom. The standard InChI is InChI=1S/C34H54O2Si/c1-2-3-4-5-6-7-8-9-10-11-12-13-23-30-35-37(33-26-19-15-20-27-33,34-28-21-16-22-29-34)36-31-32-24-17-14-18-25-32/h15-16,19-22,26-29,32H,2-14,17-18,23-25,30-31H2,1H3. The lowest BCUT2D eigenvalue weighted by Gasteiger charge is -2.34. The lowest BCUT2D eigenvalue weighted by atomic mass is 9.90. The van der Waals surface area contributed by atoms with E-state index in [1.165, 1.54) is 120 Å². The average molecular weight is 523 g/mol. The fourth-order valence-corrected chi connectivity index (χ4v) is 9.03. The maximum absolute atomic E-state index is 6.97. The molecule has 1 aliphatic carbocycles. The minimum absolute atomic E-state index is 0.674. The lowest BCUT2D eigenvalue weighted by Crippen LogP contribution is -2.64. The summed E-state index contributed by atoms with van der Waals surface area (Å²) in [7, 11) is -2.73. The van der Waals surface area contributed by atoms with Crippen molar-refractivity contribution in [2.45, 2.75) is 122 Å². The van der Waals surface area contributed by atoms with Crippen LogP contribution in [0.3, 0.4) is 0 Å². The predicted octanol–water partition coefficient (Wildman–Crippen LogP) is 8.95. The third-order valence-corrected chi connectivity index (χ3v) is 11.5. The van der Waals surface area contributed by atoms with Gasteiger partial charge in [-0.25, -0.2) is 0 Å². The summed E-state index contributed by atoms with van der Waals surface area (Å²) in [5.41, 5.74) is 0. The van der Waals surface area contributed by atoms with Gasteiger partial charge in [0.25, 0.3) is 0 Å². The van der Waals surface area contributed by atoms with Crippen molar-refractivity contribution in [1.29, 1.82) is 0 Å². The molecule has 0 aromatic heterocycles. The topological polar surface area (TPSA) is 18.5 Å². The molecule has 0 aliphatic heterocycles. The molecule has 0 bridgehead atoms. The first-order valence-electron chi connectivity index (χ1n) is 15.7. The van der Waals surface area contributed by atoms with Gasteiger partial charge in [0.2, 0.25) is 0 Å². The van der Waals surface area contributed by atoms with Crippen LogP contribution < -0.4 is 10.4 Å². The van der Waals surface area contributed by atoms with Gasteiger partial charge in [0, 0.05) is 13.2 Å². The van der Waals surface area contributed by atoms with E-state index < -0.39 is 8.56 Å². The first-order valence-corrected chi connectivity index (χ1v) is 17.6. The van der Waals surface area contributed by atoms with Gasteiger partial charge >= 0.3 is 8.56 Å². The van der Waals surface area contributed by atoms with E-state index >= 15 is 0 Å². The van der Waals surface area contributed by atoms with Gasteiger partial charge < -0.3 is 8.85 Å². The highest BCUT2D eigenvalue weighted by Crippen LogP contribution is 2.25. The molecule has 0 saturated heterocycles. The van der Waals surface area contributed by atoms with Crippen LogP contribution in [0.1, 0.15) is 122 Å². The third kappa shape index (κ3) is 11.1. The fourth-order valence-electron chi connectivity index (χ4n) is 5.78. The molecular formula is C34H54O2Si. The zero-order valence-corrected chi connectivity index (χ0v) is 24.8. The monoisotopic (exact) mass is 522 g/mol. The smallest absolute Gasteiger partial charge is 0.388 e. The van der Waals surface area contributed by atoms with Gasteiger partial charge in [0.1, 0.15) is 0 Å². The zero-order valence-electron chi connectivity index (χ0n) is 23.8. The Balaban J connectivity index is 1.46. The summed E-state index contributed by atoms with van der Waals surface area (Å²) in [4.78, 5) is 0. The SMILES string of the molecule is CCCCCCCCCCCCCCCO[Si](OCC1CCCCC1)(c1ccccc1)c1ccccc1. The maximum atomic E-state index is 6.97. The Kier molecular flexibility index (Phi) is 15.3. The van der Waals surface area contributed by atoms with Crippen molar-refractivity contribution >= 4 is 18.9 Å². The predicted molar refractivity (Wildman–Crippen MR) is 162 cm³/mol. The number of benzene rings is 2. The van der Waals surface area contributed by atoms with E-state index in [4.69, 9.17) is 8.85 Å². The van der Waals surface area contributed by atoms with Gasteiger partial charge in [-0.1, -0.05) is 164 Å². The molecule has 2 aromatic rings. The zero-order chi connectivity index (χ0) is 25.9. The molecule has 0 N–H and O–H groups in total. The molecule has 37 heavy (non-hydrogen) atoms. The van der Waals surface area contributed by atoms with Crippen LogP contribution >= 0.6 is 0 Å². The highest BCUT2D eigenvalue weighted by atomic mass is 28.4. The molecular weight excluding hydrogens is 468 g/mol. The highest BCUT2D eigenvalue weighted by molar-refractivity contribution is 6.92. The number of hydrogen-bond acceptors (Lipinski definition) is 2. The summed E-state index contributed by atoms with van der Waals surface area (Å²) in [6.07, 6.45) is 24.5. The molecule has 0 spiro atoms. The van der Waals surface area contributed by atoms with Crippen LogP contribution in [-0.4, -0.2) is 21.8 Å². The molecule has 1 aliphatic rings. The minimum Gasteiger partial charge on any atom is -0.388 e. The van der Waals surface area contributed by atoms with Crippen molar-refractivity contribution in [3.63, 3.8) is 0 Å². The van der Waals surface area contributed by atoms with E-state index in [0.717, 1.165) is 19.6 Å². The normalized spacial score (nSPS) is 14.7.